The first-order chi connectivity index (χ1) is 10.3. The monoisotopic (exact) mass is 280 g/mol. The van der Waals surface area contributed by atoms with Crippen LogP contribution in [0, 0.1) is 0 Å². The second-order valence-corrected chi connectivity index (χ2v) is 4.59. The second-order valence-electron chi connectivity index (χ2n) is 4.59. The van der Waals surface area contributed by atoms with Crippen molar-refractivity contribution >= 4 is 22.7 Å². The molecule has 0 unspecified atom stereocenters. The molecule has 0 radical (unpaired) electrons. The van der Waals surface area contributed by atoms with Gasteiger partial charge in [0.1, 0.15) is 5.75 Å². The Bertz CT molecular complexity index is 775. The lowest BCUT2D eigenvalue weighted by molar-refractivity contribution is 0.340. The summed E-state index contributed by atoms with van der Waals surface area (Å²) < 4.78 is 7.32. The highest BCUT2D eigenvalue weighted by atomic mass is 16.5. The topological polar surface area (TPSA) is 51.8 Å². The molecular weight excluding hydrogens is 264 g/mol. The molecule has 0 atom stereocenters. The maximum atomic E-state index is 5.39. The highest BCUT2D eigenvalue weighted by Gasteiger charge is 2.05. The fraction of sp³-hybridized carbons (Fsp3) is 0.188. The third-order valence-electron chi connectivity index (χ3n) is 3.17. The number of nitrogens with zero attached hydrogens (tertiary/aromatic N) is 4. The van der Waals surface area contributed by atoms with Crippen molar-refractivity contribution in [2.75, 3.05) is 6.61 Å². The van der Waals surface area contributed by atoms with Crippen molar-refractivity contribution in [1.82, 2.24) is 9.55 Å². The number of hydrogen-bond donors (Lipinski definition) is 0. The fourth-order valence-corrected chi connectivity index (χ4v) is 2.10. The smallest absolute Gasteiger partial charge is 0.250 e. The largest absolute Gasteiger partial charge is 0.494 e. The van der Waals surface area contributed by atoms with Crippen LogP contribution in [0.1, 0.15) is 6.92 Å². The van der Waals surface area contributed by atoms with Crippen LogP contribution in [0.2, 0.25) is 0 Å². The Hall–Kier alpha value is -2.69. The van der Waals surface area contributed by atoms with Gasteiger partial charge in [0.2, 0.25) is 5.95 Å². The number of rotatable bonds is 4. The molecular formula is C16H16N4O. The van der Waals surface area contributed by atoms with E-state index in [0.29, 0.717) is 12.6 Å². The van der Waals surface area contributed by atoms with Gasteiger partial charge in [-0.1, -0.05) is 12.1 Å². The number of aryl methyl sites for hydroxylation is 1. The SMILES string of the molecule is CCOc1ccc(/N=N/c2nc3ccccc3n2C)cc1. The summed E-state index contributed by atoms with van der Waals surface area (Å²) in [7, 11) is 1.93. The van der Waals surface area contributed by atoms with Crippen molar-refractivity contribution in [1.29, 1.82) is 0 Å². The van der Waals surface area contributed by atoms with Gasteiger partial charge < -0.3 is 9.30 Å². The minimum absolute atomic E-state index is 0.588. The van der Waals surface area contributed by atoms with Gasteiger partial charge in [-0.2, -0.15) is 0 Å². The van der Waals surface area contributed by atoms with Gasteiger partial charge in [-0.3, -0.25) is 0 Å². The molecule has 1 heterocycles. The van der Waals surface area contributed by atoms with E-state index in [1.54, 1.807) is 0 Å². The normalized spacial score (nSPS) is 11.3. The molecule has 0 N–H and O–H groups in total. The zero-order valence-corrected chi connectivity index (χ0v) is 12.0. The summed E-state index contributed by atoms with van der Waals surface area (Å²) in [6.45, 7) is 2.61. The summed E-state index contributed by atoms with van der Waals surface area (Å²) in [5, 5.41) is 8.44. The van der Waals surface area contributed by atoms with Gasteiger partial charge in [0.05, 0.1) is 23.3 Å². The van der Waals surface area contributed by atoms with Crippen LogP contribution in [0.25, 0.3) is 11.0 Å². The van der Waals surface area contributed by atoms with E-state index in [1.807, 2.05) is 67.1 Å². The summed E-state index contributed by atoms with van der Waals surface area (Å²) in [6.07, 6.45) is 0. The molecule has 0 aliphatic heterocycles. The molecule has 0 saturated carbocycles. The number of imidazole rings is 1. The van der Waals surface area contributed by atoms with Gasteiger partial charge in [-0.05, 0) is 43.3 Å². The quantitative estimate of drug-likeness (QED) is 0.665. The van der Waals surface area contributed by atoms with Gasteiger partial charge in [0, 0.05) is 7.05 Å². The second kappa shape index (κ2) is 5.75. The lowest BCUT2D eigenvalue weighted by Crippen LogP contribution is -1.89. The first-order valence-corrected chi connectivity index (χ1v) is 6.84. The molecule has 0 saturated heterocycles. The number of para-hydroxylation sites is 2. The summed E-state index contributed by atoms with van der Waals surface area (Å²) in [5.41, 5.74) is 2.73. The van der Waals surface area contributed by atoms with Crippen molar-refractivity contribution in [3.05, 3.63) is 48.5 Å². The van der Waals surface area contributed by atoms with Crippen molar-refractivity contribution in [2.45, 2.75) is 6.92 Å². The van der Waals surface area contributed by atoms with E-state index in [1.165, 1.54) is 0 Å². The molecule has 1 aromatic heterocycles. The number of hydrogen-bond acceptors (Lipinski definition) is 4. The molecule has 106 valence electrons. The van der Waals surface area contributed by atoms with Crippen LogP contribution < -0.4 is 4.74 Å². The van der Waals surface area contributed by atoms with Crippen LogP contribution in [-0.2, 0) is 7.05 Å². The summed E-state index contributed by atoms with van der Waals surface area (Å²) in [5.74, 6) is 1.42. The van der Waals surface area contributed by atoms with E-state index in [0.717, 1.165) is 22.5 Å². The minimum Gasteiger partial charge on any atom is -0.494 e. The molecule has 0 aliphatic carbocycles. The predicted molar refractivity (Wildman–Crippen MR) is 82.5 cm³/mol. The molecule has 3 aromatic rings. The van der Waals surface area contributed by atoms with Gasteiger partial charge in [-0.25, -0.2) is 4.98 Å². The van der Waals surface area contributed by atoms with Crippen LogP contribution >= 0.6 is 0 Å². The summed E-state index contributed by atoms with van der Waals surface area (Å²) in [6, 6.07) is 15.4. The first kappa shape index (κ1) is 13.3. The van der Waals surface area contributed by atoms with Crippen LogP contribution in [0.15, 0.2) is 58.8 Å². The number of azo groups is 1. The van der Waals surface area contributed by atoms with Crippen molar-refractivity contribution in [3.8, 4) is 5.75 Å². The zero-order valence-electron chi connectivity index (χ0n) is 12.0. The first-order valence-electron chi connectivity index (χ1n) is 6.84. The molecule has 0 spiro atoms. The van der Waals surface area contributed by atoms with Gasteiger partial charge in [-0.15, -0.1) is 10.2 Å². The minimum atomic E-state index is 0.588. The Morgan fingerprint density at radius 3 is 2.52 bits per heavy atom. The molecule has 0 aliphatic rings. The summed E-state index contributed by atoms with van der Waals surface area (Å²) >= 11 is 0. The van der Waals surface area contributed by atoms with Crippen LogP contribution in [-0.4, -0.2) is 16.2 Å². The fourth-order valence-electron chi connectivity index (χ4n) is 2.10. The van der Waals surface area contributed by atoms with E-state index >= 15 is 0 Å². The highest BCUT2D eigenvalue weighted by molar-refractivity contribution is 5.77. The van der Waals surface area contributed by atoms with Gasteiger partial charge in [0.25, 0.3) is 0 Å². The average molecular weight is 280 g/mol. The molecule has 5 heteroatoms. The standard InChI is InChI=1S/C16H16N4O/c1-3-21-13-10-8-12(9-11-13)18-19-16-17-14-6-4-5-7-15(14)20(16)2/h4-11H,3H2,1-2H3/b19-18+. The lowest BCUT2D eigenvalue weighted by atomic mass is 10.3. The Balaban J connectivity index is 1.85. The maximum absolute atomic E-state index is 5.39. The molecule has 21 heavy (non-hydrogen) atoms. The number of ether oxygens (including phenoxy) is 1. The van der Waals surface area contributed by atoms with E-state index < -0.39 is 0 Å². The van der Waals surface area contributed by atoms with Gasteiger partial charge >= 0.3 is 0 Å². The van der Waals surface area contributed by atoms with E-state index in [2.05, 4.69) is 15.2 Å². The predicted octanol–water partition coefficient (Wildman–Crippen LogP) is 4.39. The van der Waals surface area contributed by atoms with E-state index in [-0.39, 0.29) is 0 Å². The Morgan fingerprint density at radius 2 is 1.81 bits per heavy atom. The molecule has 0 fully saturated rings. The summed E-state index contributed by atoms with van der Waals surface area (Å²) in [4.78, 5) is 4.45. The maximum Gasteiger partial charge on any atom is 0.250 e. The Labute approximate surface area is 122 Å². The molecule has 3 rings (SSSR count). The highest BCUT2D eigenvalue weighted by Crippen LogP contribution is 2.23. The third kappa shape index (κ3) is 2.76. The molecule has 0 amide bonds. The zero-order chi connectivity index (χ0) is 14.7. The van der Waals surface area contributed by atoms with Crippen molar-refractivity contribution < 1.29 is 4.74 Å². The van der Waals surface area contributed by atoms with Gasteiger partial charge in [0.15, 0.2) is 0 Å². The van der Waals surface area contributed by atoms with E-state index in [4.69, 9.17) is 4.74 Å². The Kier molecular flexibility index (Phi) is 3.64. The van der Waals surface area contributed by atoms with E-state index in [9.17, 15) is 0 Å². The number of aromatic nitrogens is 2. The molecule has 5 nitrogen and oxygen atoms in total. The Morgan fingerprint density at radius 1 is 1.05 bits per heavy atom. The number of fused-ring (bicyclic) bond motifs is 1. The molecule has 2 aromatic carbocycles. The number of benzene rings is 2. The third-order valence-corrected chi connectivity index (χ3v) is 3.17. The van der Waals surface area contributed by atoms with Crippen molar-refractivity contribution in [2.24, 2.45) is 17.3 Å². The van der Waals surface area contributed by atoms with Crippen LogP contribution in [0.4, 0.5) is 11.6 Å². The van der Waals surface area contributed by atoms with Crippen LogP contribution in [0.5, 0.6) is 5.75 Å². The lowest BCUT2D eigenvalue weighted by Gasteiger charge is -2.01. The van der Waals surface area contributed by atoms with Crippen molar-refractivity contribution in [3.63, 3.8) is 0 Å². The van der Waals surface area contributed by atoms with Crippen LogP contribution in [0.3, 0.4) is 0 Å². The average Bonchev–Trinajstić information content (AvgIpc) is 2.84. The molecule has 0 bridgehead atoms.